The number of halogens is 1. The number of nitrogens with two attached hydrogens (primary N) is 1. The number of hydrogen-bond acceptors (Lipinski definition) is 3. The molecule has 0 aliphatic carbocycles. The van der Waals surface area contributed by atoms with Crippen LogP contribution in [0.4, 0.5) is 5.82 Å². The zero-order valence-corrected chi connectivity index (χ0v) is 7.71. The number of carboxylic acids is 1. The minimum atomic E-state index is -0.887. The molecule has 0 aliphatic rings. The highest BCUT2D eigenvalue weighted by Gasteiger charge is 2.05. The molecule has 64 valence electrons. The van der Waals surface area contributed by atoms with Crippen molar-refractivity contribution < 1.29 is 9.90 Å². The van der Waals surface area contributed by atoms with Crippen molar-refractivity contribution in [3.63, 3.8) is 0 Å². The van der Waals surface area contributed by atoms with E-state index in [1.54, 1.807) is 12.1 Å². The van der Waals surface area contributed by atoms with Crippen LogP contribution in [0, 0.1) is 0 Å². The number of carboxylic acid groups (broad SMARTS) is 1. The van der Waals surface area contributed by atoms with Gasteiger partial charge in [-0.3, -0.25) is 4.79 Å². The van der Waals surface area contributed by atoms with Crippen LogP contribution in [0.2, 0.25) is 0 Å². The molecule has 5 heteroatoms. The summed E-state index contributed by atoms with van der Waals surface area (Å²) in [5.74, 6) is -0.515. The van der Waals surface area contributed by atoms with Crippen LogP contribution in [0.1, 0.15) is 5.56 Å². The van der Waals surface area contributed by atoms with E-state index in [2.05, 4.69) is 20.9 Å². The second-order valence-corrected chi connectivity index (χ2v) is 3.01. The molecule has 4 nitrogen and oxygen atoms in total. The minimum Gasteiger partial charge on any atom is -0.481 e. The van der Waals surface area contributed by atoms with Gasteiger partial charge in [0.15, 0.2) is 0 Å². The molecule has 0 radical (unpaired) electrons. The van der Waals surface area contributed by atoms with Gasteiger partial charge in [0.1, 0.15) is 10.4 Å². The van der Waals surface area contributed by atoms with Gasteiger partial charge in [-0.1, -0.05) is 6.07 Å². The van der Waals surface area contributed by atoms with E-state index in [1.165, 1.54) is 0 Å². The summed E-state index contributed by atoms with van der Waals surface area (Å²) in [4.78, 5) is 14.2. The first kappa shape index (κ1) is 8.99. The van der Waals surface area contributed by atoms with Crippen LogP contribution in [0.25, 0.3) is 0 Å². The van der Waals surface area contributed by atoms with Gasteiger partial charge >= 0.3 is 5.97 Å². The monoisotopic (exact) mass is 230 g/mol. The Labute approximate surface area is 77.5 Å². The molecule has 0 fully saturated rings. The zero-order valence-electron chi connectivity index (χ0n) is 6.12. The van der Waals surface area contributed by atoms with E-state index in [1.807, 2.05) is 0 Å². The van der Waals surface area contributed by atoms with E-state index >= 15 is 0 Å². The highest BCUT2D eigenvalue weighted by molar-refractivity contribution is 9.10. The predicted molar refractivity (Wildman–Crippen MR) is 47.7 cm³/mol. The first-order valence-electron chi connectivity index (χ1n) is 3.22. The Hall–Kier alpha value is -1.10. The molecule has 1 aromatic heterocycles. The number of nitrogen functional groups attached to an aromatic ring is 1. The summed E-state index contributed by atoms with van der Waals surface area (Å²) in [6.45, 7) is 0. The van der Waals surface area contributed by atoms with Crippen LogP contribution >= 0.6 is 15.9 Å². The average molecular weight is 231 g/mol. The van der Waals surface area contributed by atoms with Crippen LogP contribution in [0.5, 0.6) is 0 Å². The Balaban J connectivity index is 2.93. The van der Waals surface area contributed by atoms with Gasteiger partial charge in [0, 0.05) is 0 Å². The number of aliphatic carboxylic acids is 1. The molecule has 0 unspecified atom stereocenters. The van der Waals surface area contributed by atoms with Crippen molar-refractivity contribution in [1.82, 2.24) is 4.98 Å². The molecular weight excluding hydrogens is 224 g/mol. The summed E-state index contributed by atoms with van der Waals surface area (Å²) < 4.78 is 0.491. The molecule has 0 bridgehead atoms. The average Bonchev–Trinajstić information content (AvgIpc) is 1.94. The number of nitrogens with zero attached hydrogens (tertiary/aromatic N) is 1. The number of anilines is 1. The maximum absolute atomic E-state index is 10.3. The van der Waals surface area contributed by atoms with Crippen molar-refractivity contribution in [3.05, 3.63) is 22.3 Å². The van der Waals surface area contributed by atoms with E-state index in [9.17, 15) is 4.79 Å². The van der Waals surface area contributed by atoms with Gasteiger partial charge in [-0.2, -0.15) is 0 Å². The van der Waals surface area contributed by atoms with Crippen LogP contribution < -0.4 is 5.73 Å². The fourth-order valence-corrected chi connectivity index (χ4v) is 1.25. The molecule has 0 aromatic carbocycles. The van der Waals surface area contributed by atoms with E-state index in [0.717, 1.165) is 0 Å². The zero-order chi connectivity index (χ0) is 9.14. The van der Waals surface area contributed by atoms with Crippen LogP contribution in [0.15, 0.2) is 16.7 Å². The molecule has 1 heterocycles. The smallest absolute Gasteiger partial charge is 0.307 e. The standard InChI is InChI=1S/C7H7BrN2O2/c8-7-4(3-6(11)12)1-2-5(9)10-7/h1-2H,3H2,(H2,9,10)(H,11,12). The predicted octanol–water partition coefficient (Wildman–Crippen LogP) is 1.05. The Morgan fingerprint density at radius 2 is 2.33 bits per heavy atom. The van der Waals surface area contributed by atoms with Crippen molar-refractivity contribution in [1.29, 1.82) is 0 Å². The van der Waals surface area contributed by atoms with Crippen molar-refractivity contribution in [3.8, 4) is 0 Å². The lowest BCUT2D eigenvalue weighted by Gasteiger charge is -2.00. The summed E-state index contributed by atoms with van der Waals surface area (Å²) in [5.41, 5.74) is 5.99. The molecule has 0 saturated heterocycles. The maximum Gasteiger partial charge on any atom is 0.307 e. The molecule has 1 aromatic rings. The van der Waals surface area contributed by atoms with Gasteiger partial charge in [0.2, 0.25) is 0 Å². The molecule has 0 aliphatic heterocycles. The lowest BCUT2D eigenvalue weighted by atomic mass is 10.2. The molecule has 0 saturated carbocycles. The quantitative estimate of drug-likeness (QED) is 0.746. The number of rotatable bonds is 2. The fourth-order valence-electron chi connectivity index (χ4n) is 0.772. The lowest BCUT2D eigenvalue weighted by Crippen LogP contribution is -2.02. The molecule has 12 heavy (non-hydrogen) atoms. The van der Waals surface area contributed by atoms with Gasteiger partial charge in [-0.05, 0) is 27.6 Å². The number of aromatic nitrogens is 1. The van der Waals surface area contributed by atoms with Gasteiger partial charge in [0.05, 0.1) is 6.42 Å². The largest absolute Gasteiger partial charge is 0.481 e. The highest BCUT2D eigenvalue weighted by atomic mass is 79.9. The van der Waals surface area contributed by atoms with Gasteiger partial charge in [-0.25, -0.2) is 4.98 Å². The first-order chi connectivity index (χ1) is 5.59. The molecule has 0 amide bonds. The summed E-state index contributed by atoms with van der Waals surface area (Å²) in [6.07, 6.45) is -0.0478. The minimum absolute atomic E-state index is 0.0478. The number of carbonyl (C=O) groups is 1. The van der Waals surface area contributed by atoms with E-state index < -0.39 is 5.97 Å². The summed E-state index contributed by atoms with van der Waals surface area (Å²) in [6, 6.07) is 3.21. The van der Waals surface area contributed by atoms with Crippen LogP contribution in [-0.2, 0) is 11.2 Å². The third-order valence-corrected chi connectivity index (χ3v) is 1.98. The highest BCUT2D eigenvalue weighted by Crippen LogP contribution is 2.15. The van der Waals surface area contributed by atoms with Gasteiger partial charge in [-0.15, -0.1) is 0 Å². The first-order valence-corrected chi connectivity index (χ1v) is 4.01. The van der Waals surface area contributed by atoms with E-state index in [0.29, 0.717) is 16.0 Å². The Bertz CT molecular complexity index is 314. The Morgan fingerprint density at radius 1 is 1.67 bits per heavy atom. The molecule has 1 rings (SSSR count). The second kappa shape index (κ2) is 3.53. The summed E-state index contributed by atoms with van der Waals surface area (Å²) >= 11 is 3.12. The van der Waals surface area contributed by atoms with Crippen LogP contribution in [-0.4, -0.2) is 16.1 Å². The van der Waals surface area contributed by atoms with E-state index in [-0.39, 0.29) is 6.42 Å². The Morgan fingerprint density at radius 3 is 2.83 bits per heavy atom. The van der Waals surface area contributed by atoms with Crippen molar-refractivity contribution >= 4 is 27.7 Å². The third kappa shape index (κ3) is 2.20. The number of hydrogen-bond donors (Lipinski definition) is 2. The normalized spacial score (nSPS) is 9.75. The topological polar surface area (TPSA) is 76.2 Å². The number of pyridine rings is 1. The van der Waals surface area contributed by atoms with Crippen molar-refractivity contribution in [2.45, 2.75) is 6.42 Å². The summed E-state index contributed by atoms with van der Waals surface area (Å²) in [5, 5.41) is 8.48. The summed E-state index contributed by atoms with van der Waals surface area (Å²) in [7, 11) is 0. The molecule has 0 spiro atoms. The Kier molecular flexibility index (Phi) is 2.65. The molecular formula is C7H7BrN2O2. The molecule has 3 N–H and O–H groups in total. The van der Waals surface area contributed by atoms with Gasteiger partial charge in [0.25, 0.3) is 0 Å². The van der Waals surface area contributed by atoms with E-state index in [4.69, 9.17) is 10.8 Å². The molecule has 0 atom stereocenters. The van der Waals surface area contributed by atoms with Crippen LogP contribution in [0.3, 0.4) is 0 Å². The maximum atomic E-state index is 10.3. The SMILES string of the molecule is Nc1ccc(CC(=O)O)c(Br)n1. The second-order valence-electron chi connectivity index (χ2n) is 2.26. The fraction of sp³-hybridized carbons (Fsp3) is 0.143. The van der Waals surface area contributed by atoms with Crippen molar-refractivity contribution in [2.75, 3.05) is 5.73 Å². The third-order valence-electron chi connectivity index (χ3n) is 1.29. The lowest BCUT2D eigenvalue weighted by molar-refractivity contribution is -0.136. The van der Waals surface area contributed by atoms with Crippen molar-refractivity contribution in [2.24, 2.45) is 0 Å². The van der Waals surface area contributed by atoms with Gasteiger partial charge < -0.3 is 10.8 Å².